The van der Waals surface area contributed by atoms with Gasteiger partial charge in [-0.3, -0.25) is 9.69 Å². The van der Waals surface area contributed by atoms with Crippen molar-refractivity contribution in [2.45, 2.75) is 51.2 Å². The van der Waals surface area contributed by atoms with E-state index >= 15 is 0 Å². The Balaban J connectivity index is 1.02. The van der Waals surface area contributed by atoms with Crippen LogP contribution < -0.4 is 10.2 Å². The summed E-state index contributed by atoms with van der Waals surface area (Å²) in [5, 5.41) is 6.81. The van der Waals surface area contributed by atoms with Gasteiger partial charge in [0.2, 0.25) is 5.91 Å². The topological polar surface area (TPSA) is 44.8 Å². The Bertz CT molecular complexity index is 892. The minimum atomic E-state index is 0.226. The van der Waals surface area contributed by atoms with E-state index in [9.17, 15) is 4.79 Å². The molecule has 1 aromatic heterocycles. The van der Waals surface area contributed by atoms with Crippen LogP contribution in [0.4, 0.5) is 5.69 Å². The predicted octanol–water partition coefficient (Wildman–Crippen LogP) is 4.12. The molecule has 31 heavy (non-hydrogen) atoms. The van der Waals surface area contributed by atoms with Crippen molar-refractivity contribution in [3.8, 4) is 0 Å². The molecule has 0 bridgehead atoms. The summed E-state index contributed by atoms with van der Waals surface area (Å²) < 4.78 is 7.62. The quantitative estimate of drug-likeness (QED) is 0.685. The van der Waals surface area contributed by atoms with E-state index in [2.05, 4.69) is 51.7 Å². The van der Waals surface area contributed by atoms with Crippen molar-refractivity contribution < 1.29 is 9.53 Å². The highest BCUT2D eigenvalue weighted by atomic mass is 32.1. The SMILES string of the molecule is CC1CC(=O)NC2CC(OCCCN3CCN(c4cccc5sccc45)CC3)CCC12. The number of piperidine rings is 1. The second-order valence-corrected chi connectivity index (χ2v) is 10.6. The first-order valence-corrected chi connectivity index (χ1v) is 12.9. The number of hydrogen-bond acceptors (Lipinski definition) is 5. The lowest BCUT2D eigenvalue weighted by molar-refractivity contribution is -0.128. The molecule has 168 valence electrons. The lowest BCUT2D eigenvalue weighted by atomic mass is 9.72. The highest BCUT2D eigenvalue weighted by Gasteiger charge is 2.38. The van der Waals surface area contributed by atoms with Crippen molar-refractivity contribution in [2.75, 3.05) is 44.2 Å². The van der Waals surface area contributed by atoms with Crippen molar-refractivity contribution >= 4 is 33.0 Å². The molecular formula is C25H35N3O2S. The van der Waals surface area contributed by atoms with Crippen LogP contribution in [0.5, 0.6) is 0 Å². The molecule has 2 aromatic rings. The van der Waals surface area contributed by atoms with Crippen LogP contribution in [-0.4, -0.2) is 62.3 Å². The Morgan fingerprint density at radius 2 is 2.03 bits per heavy atom. The van der Waals surface area contributed by atoms with Gasteiger partial charge in [0, 0.05) is 67.6 Å². The number of fused-ring (bicyclic) bond motifs is 2. The Morgan fingerprint density at radius 1 is 1.16 bits per heavy atom. The molecule has 0 radical (unpaired) electrons. The zero-order valence-corrected chi connectivity index (χ0v) is 19.4. The van der Waals surface area contributed by atoms with Crippen molar-refractivity contribution in [1.29, 1.82) is 0 Å². The Morgan fingerprint density at radius 3 is 2.90 bits per heavy atom. The van der Waals surface area contributed by atoms with Gasteiger partial charge in [-0.05, 0) is 61.1 Å². The average molecular weight is 442 g/mol. The number of thiophene rings is 1. The summed E-state index contributed by atoms with van der Waals surface area (Å²) in [4.78, 5) is 17.0. The first-order chi connectivity index (χ1) is 15.2. The standard InChI is InChI=1S/C25H35N3O2S/c1-18-16-25(29)26-22-17-19(6-7-20(18)22)30-14-3-9-27-10-12-28(13-11-27)23-4-2-5-24-21(23)8-15-31-24/h2,4-5,8,15,18-20,22H,3,6-7,9-14,16-17H2,1H3,(H,26,29). The Kier molecular flexibility index (Phi) is 6.49. The zero-order chi connectivity index (χ0) is 21.2. The summed E-state index contributed by atoms with van der Waals surface area (Å²) in [5.74, 6) is 1.39. The average Bonchev–Trinajstić information content (AvgIpc) is 3.26. The maximum atomic E-state index is 11.9. The molecule has 3 fully saturated rings. The third kappa shape index (κ3) is 4.76. The van der Waals surface area contributed by atoms with Crippen LogP contribution in [0, 0.1) is 11.8 Å². The molecule has 4 unspecified atom stereocenters. The van der Waals surface area contributed by atoms with Gasteiger partial charge in [0.25, 0.3) is 0 Å². The van der Waals surface area contributed by atoms with Gasteiger partial charge in [-0.15, -0.1) is 11.3 Å². The molecule has 1 aliphatic carbocycles. The Labute approximate surface area is 189 Å². The molecule has 3 aliphatic rings. The highest BCUT2D eigenvalue weighted by Crippen LogP contribution is 2.36. The molecule has 4 atom stereocenters. The van der Waals surface area contributed by atoms with Crippen LogP contribution in [0.1, 0.15) is 39.0 Å². The summed E-state index contributed by atoms with van der Waals surface area (Å²) >= 11 is 1.83. The third-order valence-corrected chi connectivity index (χ3v) is 8.48. The van der Waals surface area contributed by atoms with Gasteiger partial charge in [-0.2, -0.15) is 0 Å². The summed E-state index contributed by atoms with van der Waals surface area (Å²) in [6.07, 6.45) is 5.43. The van der Waals surface area contributed by atoms with Gasteiger partial charge < -0.3 is 15.0 Å². The van der Waals surface area contributed by atoms with Gasteiger partial charge in [0.15, 0.2) is 0 Å². The number of amides is 1. The van der Waals surface area contributed by atoms with Crippen molar-refractivity contribution in [2.24, 2.45) is 11.8 Å². The molecule has 2 saturated heterocycles. The van der Waals surface area contributed by atoms with Crippen LogP contribution in [0.15, 0.2) is 29.6 Å². The first-order valence-electron chi connectivity index (χ1n) is 12.0. The number of rotatable bonds is 6. The number of carbonyl (C=O) groups excluding carboxylic acids is 1. The highest BCUT2D eigenvalue weighted by molar-refractivity contribution is 7.17. The summed E-state index contributed by atoms with van der Waals surface area (Å²) in [5.41, 5.74) is 1.39. The molecule has 0 spiro atoms. The molecule has 6 heteroatoms. The fourth-order valence-electron chi connectivity index (χ4n) is 5.87. The largest absolute Gasteiger partial charge is 0.378 e. The van der Waals surface area contributed by atoms with E-state index in [4.69, 9.17) is 4.74 Å². The molecule has 1 amide bonds. The van der Waals surface area contributed by atoms with Gasteiger partial charge >= 0.3 is 0 Å². The van der Waals surface area contributed by atoms with E-state index < -0.39 is 0 Å². The monoisotopic (exact) mass is 441 g/mol. The minimum absolute atomic E-state index is 0.226. The fourth-order valence-corrected chi connectivity index (χ4v) is 6.68. The van der Waals surface area contributed by atoms with Crippen molar-refractivity contribution in [3.05, 3.63) is 29.6 Å². The van der Waals surface area contributed by atoms with Crippen LogP contribution in [-0.2, 0) is 9.53 Å². The van der Waals surface area contributed by atoms with Crippen LogP contribution in [0.3, 0.4) is 0 Å². The molecule has 1 saturated carbocycles. The first kappa shape index (κ1) is 21.2. The van der Waals surface area contributed by atoms with Crippen LogP contribution >= 0.6 is 11.3 Å². The number of benzene rings is 1. The number of carbonyl (C=O) groups is 1. The van der Waals surface area contributed by atoms with Gasteiger partial charge in [0.05, 0.1) is 6.10 Å². The summed E-state index contributed by atoms with van der Waals surface area (Å²) in [6.45, 7) is 8.62. The molecule has 5 nitrogen and oxygen atoms in total. The predicted molar refractivity (Wildman–Crippen MR) is 128 cm³/mol. The number of nitrogens with one attached hydrogen (secondary N) is 1. The summed E-state index contributed by atoms with van der Waals surface area (Å²) in [7, 11) is 0. The number of piperazine rings is 1. The van der Waals surface area contributed by atoms with E-state index in [0.717, 1.165) is 58.6 Å². The Hall–Kier alpha value is -1.63. The molecular weight excluding hydrogens is 406 g/mol. The smallest absolute Gasteiger partial charge is 0.220 e. The molecule has 1 N–H and O–H groups in total. The lowest BCUT2D eigenvalue weighted by Crippen LogP contribution is -2.52. The maximum absolute atomic E-state index is 11.9. The van der Waals surface area contributed by atoms with Crippen LogP contribution in [0.2, 0.25) is 0 Å². The minimum Gasteiger partial charge on any atom is -0.378 e. The fraction of sp³-hybridized carbons (Fsp3) is 0.640. The van der Waals surface area contributed by atoms with Gasteiger partial charge in [-0.25, -0.2) is 0 Å². The zero-order valence-electron chi connectivity index (χ0n) is 18.6. The number of ether oxygens (including phenoxy) is 1. The van der Waals surface area contributed by atoms with Gasteiger partial charge in [-0.1, -0.05) is 13.0 Å². The number of hydrogen-bond donors (Lipinski definition) is 1. The second-order valence-electron chi connectivity index (χ2n) is 9.62. The van der Waals surface area contributed by atoms with Crippen molar-refractivity contribution in [1.82, 2.24) is 10.2 Å². The van der Waals surface area contributed by atoms with Gasteiger partial charge in [0.1, 0.15) is 0 Å². The second kappa shape index (κ2) is 9.47. The molecule has 5 rings (SSSR count). The number of anilines is 1. The molecule has 2 aliphatic heterocycles. The van der Waals surface area contributed by atoms with E-state index in [0.29, 0.717) is 30.4 Å². The van der Waals surface area contributed by atoms with E-state index in [-0.39, 0.29) is 5.91 Å². The van der Waals surface area contributed by atoms with E-state index in [1.807, 2.05) is 11.3 Å². The summed E-state index contributed by atoms with van der Waals surface area (Å²) in [6, 6.07) is 9.25. The molecule has 3 heterocycles. The van der Waals surface area contributed by atoms with Crippen molar-refractivity contribution in [3.63, 3.8) is 0 Å². The lowest BCUT2D eigenvalue weighted by Gasteiger charge is -2.42. The maximum Gasteiger partial charge on any atom is 0.220 e. The molecule has 1 aromatic carbocycles. The van der Waals surface area contributed by atoms with E-state index in [1.165, 1.54) is 22.2 Å². The van der Waals surface area contributed by atoms with Crippen LogP contribution in [0.25, 0.3) is 10.1 Å². The normalized spacial score (nSPS) is 29.7. The van der Waals surface area contributed by atoms with E-state index in [1.54, 1.807) is 0 Å². The third-order valence-electron chi connectivity index (χ3n) is 7.60. The number of nitrogens with zero attached hydrogens (tertiary/aromatic N) is 2.